The van der Waals surface area contributed by atoms with Gasteiger partial charge in [-0.3, -0.25) is 4.79 Å². The van der Waals surface area contributed by atoms with Gasteiger partial charge in [0.1, 0.15) is 4.90 Å². The molecule has 22 heavy (non-hydrogen) atoms. The molecule has 2 aromatic carbocycles. The van der Waals surface area contributed by atoms with Gasteiger partial charge < -0.3 is 13.7 Å². The predicted octanol–water partition coefficient (Wildman–Crippen LogP) is 2.28. The van der Waals surface area contributed by atoms with Crippen LogP contribution in [-0.4, -0.2) is 28.9 Å². The number of ether oxygens (including phenoxy) is 2. The number of carbonyl (C=O) groups excluding carboxylic acids is 1. The first-order chi connectivity index (χ1) is 10.5. The third-order valence-electron chi connectivity index (χ3n) is 2.89. The second kappa shape index (κ2) is 6.48. The molecule has 116 valence electrons. The molecular formula is C15H14O6S. The lowest BCUT2D eigenvalue weighted by molar-refractivity contribution is 0.112. The molecule has 7 heteroatoms. The molecule has 0 saturated carbocycles. The lowest BCUT2D eigenvalue weighted by Crippen LogP contribution is -2.11. The summed E-state index contributed by atoms with van der Waals surface area (Å²) >= 11 is 0. The molecule has 0 aliphatic carbocycles. The van der Waals surface area contributed by atoms with E-state index in [4.69, 9.17) is 13.7 Å². The minimum absolute atomic E-state index is 0.0349. The van der Waals surface area contributed by atoms with Crippen molar-refractivity contribution in [3.8, 4) is 17.2 Å². The number of hydrogen-bond donors (Lipinski definition) is 0. The number of methoxy groups -OCH3 is 2. The molecule has 0 N–H and O–H groups in total. The molecule has 0 heterocycles. The van der Waals surface area contributed by atoms with Crippen LogP contribution in [0.15, 0.2) is 47.4 Å². The normalized spacial score (nSPS) is 10.8. The van der Waals surface area contributed by atoms with Crippen LogP contribution in [0.25, 0.3) is 0 Å². The molecule has 0 bridgehead atoms. The first kappa shape index (κ1) is 15.8. The number of carbonyl (C=O) groups is 1. The van der Waals surface area contributed by atoms with Gasteiger partial charge in [0.2, 0.25) is 0 Å². The van der Waals surface area contributed by atoms with Gasteiger partial charge in [0, 0.05) is 6.07 Å². The zero-order chi connectivity index (χ0) is 16.2. The molecule has 0 radical (unpaired) electrons. The number of hydrogen-bond acceptors (Lipinski definition) is 6. The van der Waals surface area contributed by atoms with Gasteiger partial charge in [0.05, 0.1) is 19.8 Å². The third kappa shape index (κ3) is 3.20. The van der Waals surface area contributed by atoms with Crippen LogP contribution >= 0.6 is 0 Å². The average Bonchev–Trinajstić information content (AvgIpc) is 2.54. The lowest BCUT2D eigenvalue weighted by Gasteiger charge is -2.11. The summed E-state index contributed by atoms with van der Waals surface area (Å²) in [5.41, 5.74) is 0.145. The zero-order valence-electron chi connectivity index (χ0n) is 12.0. The van der Waals surface area contributed by atoms with Crippen molar-refractivity contribution in [2.75, 3.05) is 14.2 Å². The van der Waals surface area contributed by atoms with Crippen LogP contribution in [-0.2, 0) is 10.1 Å². The van der Waals surface area contributed by atoms with E-state index < -0.39 is 10.1 Å². The van der Waals surface area contributed by atoms with Gasteiger partial charge in [-0.2, -0.15) is 8.42 Å². The van der Waals surface area contributed by atoms with Crippen molar-refractivity contribution in [2.45, 2.75) is 4.90 Å². The van der Waals surface area contributed by atoms with E-state index in [0.29, 0.717) is 12.0 Å². The molecule has 0 saturated heterocycles. The van der Waals surface area contributed by atoms with Gasteiger partial charge in [-0.25, -0.2) is 0 Å². The second-order valence-corrected chi connectivity index (χ2v) is 5.76. The highest BCUT2D eigenvalue weighted by Crippen LogP contribution is 2.31. The van der Waals surface area contributed by atoms with Crippen molar-refractivity contribution in [3.05, 3.63) is 48.0 Å². The number of para-hydroxylation sites is 1. The van der Waals surface area contributed by atoms with Crippen LogP contribution in [0.3, 0.4) is 0 Å². The molecule has 0 atom stereocenters. The maximum absolute atomic E-state index is 12.3. The molecule has 0 aliphatic rings. The summed E-state index contributed by atoms with van der Waals surface area (Å²) < 4.78 is 39.8. The number of aldehydes is 1. The largest absolute Gasteiger partial charge is 0.493 e. The topological polar surface area (TPSA) is 78.9 Å². The van der Waals surface area contributed by atoms with Gasteiger partial charge in [-0.05, 0) is 24.3 Å². The van der Waals surface area contributed by atoms with Crippen molar-refractivity contribution in [1.82, 2.24) is 0 Å². The monoisotopic (exact) mass is 322 g/mol. The van der Waals surface area contributed by atoms with Gasteiger partial charge in [0.25, 0.3) is 0 Å². The highest BCUT2D eigenvalue weighted by molar-refractivity contribution is 7.87. The Morgan fingerprint density at radius 2 is 1.59 bits per heavy atom. The Labute approximate surface area is 128 Å². The summed E-state index contributed by atoms with van der Waals surface area (Å²) in [4.78, 5) is 10.8. The highest BCUT2D eigenvalue weighted by atomic mass is 32.2. The van der Waals surface area contributed by atoms with E-state index in [0.717, 1.165) is 0 Å². The van der Waals surface area contributed by atoms with Crippen molar-refractivity contribution in [3.63, 3.8) is 0 Å². The fourth-order valence-corrected chi connectivity index (χ4v) is 2.76. The summed E-state index contributed by atoms with van der Waals surface area (Å²) in [6, 6.07) is 10.1. The summed E-state index contributed by atoms with van der Waals surface area (Å²) in [5.74, 6) is 0.623. The van der Waals surface area contributed by atoms with E-state index in [1.807, 2.05) is 0 Å². The zero-order valence-corrected chi connectivity index (χ0v) is 12.8. The third-order valence-corrected chi connectivity index (χ3v) is 4.12. The fourth-order valence-electron chi connectivity index (χ4n) is 1.79. The first-order valence-electron chi connectivity index (χ1n) is 6.22. The summed E-state index contributed by atoms with van der Waals surface area (Å²) in [7, 11) is -1.25. The molecule has 0 unspecified atom stereocenters. The van der Waals surface area contributed by atoms with Gasteiger partial charge >= 0.3 is 10.1 Å². The highest BCUT2D eigenvalue weighted by Gasteiger charge is 2.20. The Hall–Kier alpha value is -2.54. The van der Waals surface area contributed by atoms with Crippen LogP contribution < -0.4 is 13.7 Å². The average molecular weight is 322 g/mol. The second-order valence-electron chi connectivity index (χ2n) is 4.21. The minimum Gasteiger partial charge on any atom is -0.493 e. The first-order valence-corrected chi connectivity index (χ1v) is 7.63. The molecule has 2 aromatic rings. The van der Waals surface area contributed by atoms with E-state index in [-0.39, 0.29) is 22.0 Å². The molecule has 2 rings (SSSR count). The Morgan fingerprint density at radius 1 is 0.909 bits per heavy atom. The Bertz CT molecular complexity index is 782. The Kier molecular flexibility index (Phi) is 4.67. The van der Waals surface area contributed by atoms with E-state index in [2.05, 4.69) is 0 Å². The summed E-state index contributed by atoms with van der Waals surface area (Å²) in [6.07, 6.45) is 0.527. The van der Waals surface area contributed by atoms with Crippen LogP contribution in [0.2, 0.25) is 0 Å². The standard InChI is InChI=1S/C15H14O6S/c1-19-14-8-7-12(9-15(14)20-2)22(17,18)21-13-6-4-3-5-11(13)10-16/h3-10H,1-2H3. The van der Waals surface area contributed by atoms with Crippen molar-refractivity contribution >= 4 is 16.4 Å². The molecular weight excluding hydrogens is 308 g/mol. The van der Waals surface area contributed by atoms with Crippen molar-refractivity contribution in [2.24, 2.45) is 0 Å². The Morgan fingerprint density at radius 3 is 2.23 bits per heavy atom. The molecule has 6 nitrogen and oxygen atoms in total. The maximum atomic E-state index is 12.3. The van der Waals surface area contributed by atoms with Crippen LogP contribution in [0.1, 0.15) is 10.4 Å². The summed E-state index contributed by atoms with van der Waals surface area (Å²) in [6.45, 7) is 0. The molecule has 0 aliphatic heterocycles. The van der Waals surface area contributed by atoms with Crippen molar-refractivity contribution in [1.29, 1.82) is 0 Å². The molecule has 0 aromatic heterocycles. The minimum atomic E-state index is -4.10. The van der Waals surface area contributed by atoms with E-state index in [1.54, 1.807) is 12.1 Å². The summed E-state index contributed by atoms with van der Waals surface area (Å²) in [5, 5.41) is 0. The van der Waals surface area contributed by atoms with E-state index >= 15 is 0 Å². The molecule has 0 spiro atoms. The van der Waals surface area contributed by atoms with Crippen LogP contribution in [0.5, 0.6) is 17.2 Å². The fraction of sp³-hybridized carbons (Fsp3) is 0.133. The van der Waals surface area contributed by atoms with Crippen LogP contribution in [0, 0.1) is 0 Å². The molecule has 0 amide bonds. The Balaban J connectivity index is 2.40. The van der Waals surface area contributed by atoms with E-state index in [1.165, 1.54) is 44.6 Å². The number of benzene rings is 2. The maximum Gasteiger partial charge on any atom is 0.339 e. The SMILES string of the molecule is COc1ccc(S(=O)(=O)Oc2ccccc2C=O)cc1OC. The van der Waals surface area contributed by atoms with Gasteiger partial charge in [-0.1, -0.05) is 12.1 Å². The van der Waals surface area contributed by atoms with Gasteiger partial charge in [0.15, 0.2) is 23.5 Å². The van der Waals surface area contributed by atoms with Crippen molar-refractivity contribution < 1.29 is 26.9 Å². The number of rotatable bonds is 6. The lowest BCUT2D eigenvalue weighted by atomic mass is 10.2. The quantitative estimate of drug-likeness (QED) is 0.600. The predicted molar refractivity (Wildman–Crippen MR) is 79.2 cm³/mol. The van der Waals surface area contributed by atoms with E-state index in [9.17, 15) is 13.2 Å². The van der Waals surface area contributed by atoms with Crippen LogP contribution in [0.4, 0.5) is 0 Å². The smallest absolute Gasteiger partial charge is 0.339 e. The van der Waals surface area contributed by atoms with Gasteiger partial charge in [-0.15, -0.1) is 0 Å². The molecule has 0 fully saturated rings.